The van der Waals surface area contributed by atoms with Crippen LogP contribution in [0.1, 0.15) is 6.92 Å². The van der Waals surface area contributed by atoms with Crippen molar-refractivity contribution in [2.75, 3.05) is 9.93 Å². The Morgan fingerprint density at radius 3 is 2.85 bits per heavy atom. The predicted octanol–water partition coefficient (Wildman–Crippen LogP) is 0.841. The van der Waals surface area contributed by atoms with E-state index in [4.69, 9.17) is 11.6 Å². The quantitative estimate of drug-likeness (QED) is 0.770. The van der Waals surface area contributed by atoms with Crippen LogP contribution in [0.5, 0.6) is 0 Å². The third kappa shape index (κ3) is 2.89. The van der Waals surface area contributed by atoms with Gasteiger partial charge in [0.25, 0.3) is 0 Å². The molecule has 1 heterocycles. The Kier molecular flexibility index (Phi) is 3.16. The summed E-state index contributed by atoms with van der Waals surface area (Å²) in [6.07, 6.45) is 1.69. The molecular formula is C6H10ClN3O2S. The van der Waals surface area contributed by atoms with Gasteiger partial charge in [0.05, 0.1) is 0 Å². The van der Waals surface area contributed by atoms with Gasteiger partial charge in [-0.2, -0.15) is 5.10 Å². The summed E-state index contributed by atoms with van der Waals surface area (Å²) in [6, 6.07) is 1.58. The Morgan fingerprint density at radius 2 is 2.38 bits per heavy atom. The van der Waals surface area contributed by atoms with Crippen molar-refractivity contribution in [1.82, 2.24) is 9.78 Å². The van der Waals surface area contributed by atoms with Crippen molar-refractivity contribution in [3.63, 3.8) is 0 Å². The molecule has 0 radical (unpaired) electrons. The molecule has 0 unspecified atom stereocenters. The van der Waals surface area contributed by atoms with Crippen molar-refractivity contribution in [2.45, 2.75) is 13.5 Å². The first kappa shape index (κ1) is 10.3. The second-order valence-electron chi connectivity index (χ2n) is 2.38. The summed E-state index contributed by atoms with van der Waals surface area (Å²) in [5.74, 6) is 0.294. The standard InChI is InChI=1S/C6H10ClN3O2S/c1-2-10-4-3-6(8-10)9-13(11,12)5-7/h3-4H,2,5H2,1H3,(H,8,9). The van der Waals surface area contributed by atoms with Crippen molar-refractivity contribution < 1.29 is 8.42 Å². The van der Waals surface area contributed by atoms with E-state index in [1.165, 1.54) is 0 Å². The summed E-state index contributed by atoms with van der Waals surface area (Å²) in [4.78, 5) is 0. The monoisotopic (exact) mass is 223 g/mol. The summed E-state index contributed by atoms with van der Waals surface area (Å²) in [5.41, 5.74) is 0. The SMILES string of the molecule is CCn1ccc(NS(=O)(=O)CCl)n1. The number of nitrogens with one attached hydrogen (secondary N) is 1. The minimum absolute atomic E-state index is 0.294. The minimum atomic E-state index is -3.43. The average Bonchev–Trinajstić information content (AvgIpc) is 2.52. The van der Waals surface area contributed by atoms with E-state index in [-0.39, 0.29) is 0 Å². The number of anilines is 1. The predicted molar refractivity (Wildman–Crippen MR) is 51.2 cm³/mol. The number of hydrogen-bond donors (Lipinski definition) is 1. The van der Waals surface area contributed by atoms with Crippen LogP contribution in [-0.4, -0.2) is 23.4 Å². The molecule has 0 atom stereocenters. The molecule has 0 fully saturated rings. The second-order valence-corrected chi connectivity index (χ2v) is 4.69. The molecule has 0 aliphatic carbocycles. The zero-order chi connectivity index (χ0) is 9.90. The lowest BCUT2D eigenvalue weighted by Gasteiger charge is -1.99. The third-order valence-corrected chi connectivity index (χ3v) is 3.04. The van der Waals surface area contributed by atoms with E-state index < -0.39 is 15.2 Å². The Bertz CT molecular complexity index is 373. The van der Waals surface area contributed by atoms with Crippen LogP contribution >= 0.6 is 11.6 Å². The average molecular weight is 224 g/mol. The number of aryl methyl sites for hydroxylation is 1. The van der Waals surface area contributed by atoms with E-state index in [0.29, 0.717) is 12.4 Å². The zero-order valence-electron chi connectivity index (χ0n) is 7.07. The molecule has 7 heteroatoms. The molecule has 0 saturated heterocycles. The molecule has 0 aromatic carbocycles. The highest BCUT2D eigenvalue weighted by atomic mass is 35.5. The first-order valence-corrected chi connectivity index (χ1v) is 5.86. The van der Waals surface area contributed by atoms with Gasteiger partial charge >= 0.3 is 0 Å². The van der Waals surface area contributed by atoms with E-state index in [2.05, 4.69) is 9.82 Å². The fourth-order valence-corrected chi connectivity index (χ4v) is 1.42. The van der Waals surface area contributed by atoms with Gasteiger partial charge in [0.15, 0.2) is 5.82 Å². The molecule has 0 amide bonds. The van der Waals surface area contributed by atoms with Gasteiger partial charge in [0.2, 0.25) is 10.0 Å². The molecule has 0 bridgehead atoms. The fourth-order valence-electron chi connectivity index (χ4n) is 0.779. The van der Waals surface area contributed by atoms with E-state index in [1.807, 2.05) is 6.92 Å². The maximum atomic E-state index is 11.0. The second kappa shape index (κ2) is 3.97. The van der Waals surface area contributed by atoms with Crippen LogP contribution in [0, 0.1) is 0 Å². The molecule has 0 aliphatic rings. The molecule has 0 aliphatic heterocycles. The number of nitrogens with zero attached hydrogens (tertiary/aromatic N) is 2. The van der Waals surface area contributed by atoms with Crippen LogP contribution in [0.3, 0.4) is 0 Å². The normalized spacial score (nSPS) is 11.5. The molecule has 0 spiro atoms. The Hall–Kier alpha value is -0.750. The smallest absolute Gasteiger partial charge is 0.248 e. The molecule has 1 N–H and O–H groups in total. The molecule has 1 rings (SSSR count). The van der Waals surface area contributed by atoms with Crippen LogP contribution in [0.4, 0.5) is 5.82 Å². The van der Waals surface area contributed by atoms with Gasteiger partial charge in [-0.3, -0.25) is 9.40 Å². The lowest BCUT2D eigenvalue weighted by atomic mass is 10.7. The van der Waals surface area contributed by atoms with Gasteiger partial charge < -0.3 is 0 Å². The number of hydrogen-bond acceptors (Lipinski definition) is 3. The summed E-state index contributed by atoms with van der Waals surface area (Å²) >= 11 is 5.20. The van der Waals surface area contributed by atoms with E-state index in [0.717, 1.165) is 0 Å². The Balaban J connectivity index is 2.75. The minimum Gasteiger partial charge on any atom is -0.271 e. The van der Waals surface area contributed by atoms with Crippen LogP contribution in [-0.2, 0) is 16.6 Å². The lowest BCUT2D eigenvalue weighted by Crippen LogP contribution is -2.14. The molecule has 1 aromatic rings. The van der Waals surface area contributed by atoms with E-state index in [9.17, 15) is 8.42 Å². The van der Waals surface area contributed by atoms with Gasteiger partial charge in [0, 0.05) is 18.8 Å². The van der Waals surface area contributed by atoms with Crippen LogP contribution in [0.25, 0.3) is 0 Å². The van der Waals surface area contributed by atoms with Crippen LogP contribution < -0.4 is 4.72 Å². The molecule has 1 aromatic heterocycles. The highest BCUT2D eigenvalue weighted by Gasteiger charge is 2.09. The number of aromatic nitrogens is 2. The maximum absolute atomic E-state index is 11.0. The largest absolute Gasteiger partial charge is 0.271 e. The number of sulfonamides is 1. The Labute approximate surface area is 81.7 Å². The van der Waals surface area contributed by atoms with Crippen LogP contribution in [0.15, 0.2) is 12.3 Å². The summed E-state index contributed by atoms with van der Waals surface area (Å²) < 4.78 is 25.8. The highest BCUT2D eigenvalue weighted by molar-refractivity contribution is 7.93. The van der Waals surface area contributed by atoms with Crippen molar-refractivity contribution in [3.05, 3.63) is 12.3 Å². The third-order valence-electron chi connectivity index (χ3n) is 1.37. The Morgan fingerprint density at radius 1 is 1.69 bits per heavy atom. The van der Waals surface area contributed by atoms with Crippen LogP contribution in [0.2, 0.25) is 0 Å². The molecule has 13 heavy (non-hydrogen) atoms. The fraction of sp³-hybridized carbons (Fsp3) is 0.500. The number of alkyl halides is 1. The number of rotatable bonds is 4. The zero-order valence-corrected chi connectivity index (χ0v) is 8.64. The molecule has 5 nitrogen and oxygen atoms in total. The maximum Gasteiger partial charge on any atom is 0.248 e. The number of halogens is 1. The van der Waals surface area contributed by atoms with Gasteiger partial charge in [-0.05, 0) is 6.92 Å². The van der Waals surface area contributed by atoms with Crippen molar-refractivity contribution >= 4 is 27.4 Å². The van der Waals surface area contributed by atoms with E-state index >= 15 is 0 Å². The van der Waals surface area contributed by atoms with Crippen molar-refractivity contribution in [2.24, 2.45) is 0 Å². The van der Waals surface area contributed by atoms with Gasteiger partial charge in [-0.25, -0.2) is 8.42 Å². The van der Waals surface area contributed by atoms with Gasteiger partial charge in [-0.15, -0.1) is 11.6 Å². The summed E-state index contributed by atoms with van der Waals surface area (Å²) in [7, 11) is -3.43. The molecule has 74 valence electrons. The highest BCUT2D eigenvalue weighted by Crippen LogP contribution is 2.05. The van der Waals surface area contributed by atoms with Gasteiger partial charge in [-0.1, -0.05) is 0 Å². The van der Waals surface area contributed by atoms with Gasteiger partial charge in [0.1, 0.15) is 5.21 Å². The summed E-state index contributed by atoms with van der Waals surface area (Å²) in [5, 5.41) is 3.46. The van der Waals surface area contributed by atoms with E-state index in [1.54, 1.807) is 16.9 Å². The molecule has 0 saturated carbocycles. The molecular weight excluding hydrogens is 214 g/mol. The summed E-state index contributed by atoms with van der Waals surface area (Å²) in [6.45, 7) is 2.61. The topological polar surface area (TPSA) is 64.0 Å². The first-order chi connectivity index (χ1) is 6.07. The van der Waals surface area contributed by atoms with Crippen molar-refractivity contribution in [1.29, 1.82) is 0 Å². The lowest BCUT2D eigenvalue weighted by molar-refractivity contribution is 0.604. The van der Waals surface area contributed by atoms with Crippen molar-refractivity contribution in [3.8, 4) is 0 Å². The first-order valence-electron chi connectivity index (χ1n) is 3.67.